The molecular weight excluding hydrogens is 287 g/mol. The molecule has 0 aliphatic carbocycles. The fourth-order valence-electron chi connectivity index (χ4n) is 1.55. The summed E-state index contributed by atoms with van der Waals surface area (Å²) in [6.07, 6.45) is 1.81. The molecule has 1 heterocycles. The van der Waals surface area contributed by atoms with Crippen LogP contribution in [0, 0.1) is 0 Å². The Hall–Kier alpha value is -1.72. The Morgan fingerprint density at radius 3 is 2.79 bits per heavy atom. The Kier molecular flexibility index (Phi) is 4.29. The fourth-order valence-corrected chi connectivity index (χ4v) is 1.87. The van der Waals surface area contributed by atoms with Crippen LogP contribution in [0.3, 0.4) is 0 Å². The molecule has 0 unspecified atom stereocenters. The zero-order valence-corrected chi connectivity index (χ0v) is 11.4. The molecule has 0 aliphatic rings. The number of nitrogen functional groups attached to an aromatic ring is 1. The van der Waals surface area contributed by atoms with E-state index in [0.29, 0.717) is 22.4 Å². The minimum absolute atomic E-state index is 0.126. The molecule has 1 amide bonds. The molecule has 7 heteroatoms. The van der Waals surface area contributed by atoms with Gasteiger partial charge in [0, 0.05) is 12.1 Å². The van der Waals surface area contributed by atoms with Gasteiger partial charge in [-0.05, 0) is 17.7 Å². The van der Waals surface area contributed by atoms with Gasteiger partial charge in [0.15, 0.2) is 0 Å². The summed E-state index contributed by atoms with van der Waals surface area (Å²) < 4.78 is 0. The van der Waals surface area contributed by atoms with Gasteiger partial charge in [-0.15, -0.1) is 0 Å². The van der Waals surface area contributed by atoms with Gasteiger partial charge in [0.1, 0.15) is 5.82 Å². The van der Waals surface area contributed by atoms with E-state index in [1.165, 1.54) is 0 Å². The largest absolute Gasteiger partial charge is 0.384 e. The van der Waals surface area contributed by atoms with Crippen LogP contribution in [-0.2, 0) is 17.8 Å². The highest BCUT2D eigenvalue weighted by Crippen LogP contribution is 2.22. The first-order chi connectivity index (χ1) is 9.06. The minimum Gasteiger partial charge on any atom is -0.384 e. The van der Waals surface area contributed by atoms with Crippen molar-refractivity contribution < 1.29 is 4.79 Å². The topological polar surface area (TPSA) is 83.8 Å². The number of halogens is 2. The Labute approximate surface area is 120 Å². The van der Waals surface area contributed by atoms with Gasteiger partial charge in [0.2, 0.25) is 5.91 Å². The van der Waals surface area contributed by atoms with Crippen LogP contribution >= 0.6 is 23.2 Å². The zero-order valence-electron chi connectivity index (χ0n) is 9.91. The van der Waals surface area contributed by atoms with Crippen molar-refractivity contribution in [1.82, 2.24) is 15.5 Å². The highest BCUT2D eigenvalue weighted by Gasteiger charge is 2.07. The Balaban J connectivity index is 1.91. The van der Waals surface area contributed by atoms with Gasteiger partial charge in [0.25, 0.3) is 0 Å². The smallest absolute Gasteiger partial charge is 0.224 e. The maximum atomic E-state index is 11.8. The SMILES string of the molecule is Nc1[nH]ncc1CNC(=O)Cc1ccc(Cl)c(Cl)c1. The van der Waals surface area contributed by atoms with Crippen molar-refractivity contribution in [3.05, 3.63) is 45.6 Å². The van der Waals surface area contributed by atoms with Crippen molar-refractivity contribution in [3.63, 3.8) is 0 Å². The number of benzene rings is 1. The van der Waals surface area contributed by atoms with Gasteiger partial charge in [-0.2, -0.15) is 5.10 Å². The molecule has 19 heavy (non-hydrogen) atoms. The van der Waals surface area contributed by atoms with Gasteiger partial charge in [-0.3, -0.25) is 9.89 Å². The second kappa shape index (κ2) is 5.95. The Morgan fingerprint density at radius 2 is 2.16 bits per heavy atom. The standard InChI is InChI=1S/C12H12Cl2N4O/c13-9-2-1-7(3-10(9)14)4-11(19)16-5-8-6-17-18-12(8)15/h1-3,6H,4-5H2,(H,16,19)(H3,15,17,18). The van der Waals surface area contributed by atoms with Gasteiger partial charge in [-0.25, -0.2) is 0 Å². The predicted octanol–water partition coefficient (Wildman–Crippen LogP) is 2.16. The third-order valence-corrected chi connectivity index (χ3v) is 3.32. The van der Waals surface area contributed by atoms with Crippen molar-refractivity contribution in [2.24, 2.45) is 0 Å². The molecule has 5 nitrogen and oxygen atoms in total. The molecule has 0 radical (unpaired) electrons. The molecule has 2 aromatic rings. The van der Waals surface area contributed by atoms with E-state index in [1.54, 1.807) is 24.4 Å². The van der Waals surface area contributed by atoms with Gasteiger partial charge in [-0.1, -0.05) is 29.3 Å². The average Bonchev–Trinajstić information content (AvgIpc) is 2.77. The number of amides is 1. The third-order valence-electron chi connectivity index (χ3n) is 2.58. The number of anilines is 1. The Morgan fingerprint density at radius 1 is 1.37 bits per heavy atom. The monoisotopic (exact) mass is 298 g/mol. The molecule has 0 saturated heterocycles. The molecule has 1 aromatic heterocycles. The fraction of sp³-hybridized carbons (Fsp3) is 0.167. The molecule has 0 spiro atoms. The van der Waals surface area contributed by atoms with Gasteiger partial charge in [0.05, 0.1) is 22.7 Å². The van der Waals surface area contributed by atoms with E-state index >= 15 is 0 Å². The molecule has 0 aliphatic heterocycles. The normalized spacial score (nSPS) is 10.4. The maximum Gasteiger partial charge on any atom is 0.224 e. The minimum atomic E-state index is -0.126. The number of hydrogen-bond acceptors (Lipinski definition) is 3. The van der Waals surface area contributed by atoms with E-state index in [1.807, 2.05) is 0 Å². The van der Waals surface area contributed by atoms with Crippen molar-refractivity contribution in [2.45, 2.75) is 13.0 Å². The van der Waals surface area contributed by atoms with E-state index < -0.39 is 0 Å². The number of rotatable bonds is 4. The van der Waals surface area contributed by atoms with E-state index in [-0.39, 0.29) is 12.3 Å². The second-order valence-corrected chi connectivity index (χ2v) is 4.83. The predicted molar refractivity (Wildman–Crippen MR) is 75.0 cm³/mol. The first kappa shape index (κ1) is 13.7. The highest BCUT2D eigenvalue weighted by molar-refractivity contribution is 6.42. The first-order valence-corrected chi connectivity index (χ1v) is 6.30. The maximum absolute atomic E-state index is 11.8. The lowest BCUT2D eigenvalue weighted by molar-refractivity contribution is -0.120. The number of carbonyl (C=O) groups excluding carboxylic acids is 1. The summed E-state index contributed by atoms with van der Waals surface area (Å²) in [5.41, 5.74) is 7.16. The molecule has 0 bridgehead atoms. The van der Waals surface area contributed by atoms with Crippen LogP contribution in [0.2, 0.25) is 10.0 Å². The third kappa shape index (κ3) is 3.62. The van der Waals surface area contributed by atoms with Crippen LogP contribution < -0.4 is 11.1 Å². The summed E-state index contributed by atoms with van der Waals surface area (Å²) in [6.45, 7) is 0.336. The molecular formula is C12H12Cl2N4O. The van der Waals surface area contributed by atoms with Gasteiger partial charge >= 0.3 is 0 Å². The number of H-pyrrole nitrogens is 1. The number of carbonyl (C=O) groups is 1. The van der Waals surface area contributed by atoms with Crippen LogP contribution in [0.25, 0.3) is 0 Å². The molecule has 0 fully saturated rings. The number of nitrogens with one attached hydrogen (secondary N) is 2. The van der Waals surface area contributed by atoms with E-state index in [2.05, 4.69) is 15.5 Å². The summed E-state index contributed by atoms with van der Waals surface area (Å²) in [6, 6.07) is 5.11. The summed E-state index contributed by atoms with van der Waals surface area (Å²) in [5, 5.41) is 10.0. The molecule has 0 atom stereocenters. The first-order valence-electron chi connectivity index (χ1n) is 5.54. The molecule has 4 N–H and O–H groups in total. The van der Waals surface area contributed by atoms with E-state index in [4.69, 9.17) is 28.9 Å². The van der Waals surface area contributed by atoms with Crippen LogP contribution in [0.4, 0.5) is 5.82 Å². The number of nitrogens with zero attached hydrogens (tertiary/aromatic N) is 1. The van der Waals surface area contributed by atoms with Crippen molar-refractivity contribution in [3.8, 4) is 0 Å². The summed E-state index contributed by atoms with van der Waals surface area (Å²) in [7, 11) is 0. The summed E-state index contributed by atoms with van der Waals surface area (Å²) in [4.78, 5) is 11.8. The Bertz CT molecular complexity index is 597. The summed E-state index contributed by atoms with van der Waals surface area (Å²) in [5.74, 6) is 0.328. The zero-order chi connectivity index (χ0) is 13.8. The molecule has 2 rings (SSSR count). The molecule has 1 aromatic carbocycles. The van der Waals surface area contributed by atoms with E-state index in [9.17, 15) is 4.79 Å². The quantitative estimate of drug-likeness (QED) is 0.809. The van der Waals surface area contributed by atoms with Crippen molar-refractivity contribution >= 4 is 34.9 Å². The number of nitrogens with two attached hydrogens (primary N) is 1. The lowest BCUT2D eigenvalue weighted by Gasteiger charge is -2.05. The number of aromatic nitrogens is 2. The lowest BCUT2D eigenvalue weighted by Crippen LogP contribution is -2.24. The number of aromatic amines is 1. The number of hydrogen-bond donors (Lipinski definition) is 3. The van der Waals surface area contributed by atoms with Gasteiger partial charge < -0.3 is 11.1 Å². The van der Waals surface area contributed by atoms with Crippen LogP contribution in [-0.4, -0.2) is 16.1 Å². The average molecular weight is 299 g/mol. The van der Waals surface area contributed by atoms with Crippen molar-refractivity contribution in [2.75, 3.05) is 5.73 Å². The molecule has 100 valence electrons. The van der Waals surface area contributed by atoms with E-state index in [0.717, 1.165) is 11.1 Å². The highest BCUT2D eigenvalue weighted by atomic mass is 35.5. The summed E-state index contributed by atoms with van der Waals surface area (Å²) >= 11 is 11.7. The lowest BCUT2D eigenvalue weighted by atomic mass is 10.1. The van der Waals surface area contributed by atoms with Crippen molar-refractivity contribution in [1.29, 1.82) is 0 Å². The van der Waals surface area contributed by atoms with Crippen LogP contribution in [0.1, 0.15) is 11.1 Å². The second-order valence-electron chi connectivity index (χ2n) is 4.01. The molecule has 0 saturated carbocycles. The van der Waals surface area contributed by atoms with Crippen LogP contribution in [0.5, 0.6) is 0 Å². The van der Waals surface area contributed by atoms with Crippen LogP contribution in [0.15, 0.2) is 24.4 Å².